The van der Waals surface area contributed by atoms with E-state index in [-0.39, 0.29) is 49.6 Å². The highest BCUT2D eigenvalue weighted by molar-refractivity contribution is 5.89. The second-order valence-corrected chi connectivity index (χ2v) is 8.81. The Labute approximate surface area is 221 Å². The summed E-state index contributed by atoms with van der Waals surface area (Å²) in [5.41, 5.74) is -0.657. The SMILES string of the molecule is C=CC(=O)CCCOCC(COCCCC(=O)C=C)(COCCCC(=O)C=C)COCCCC(=O)C=C. The number of carbonyl (C=O) groups excluding carboxylic acids is 4. The van der Waals surface area contributed by atoms with Gasteiger partial charge in [-0.1, -0.05) is 26.3 Å². The molecule has 37 heavy (non-hydrogen) atoms. The maximum atomic E-state index is 11.5. The van der Waals surface area contributed by atoms with Crippen LogP contribution in [0.15, 0.2) is 50.6 Å². The van der Waals surface area contributed by atoms with Crippen LogP contribution in [0.3, 0.4) is 0 Å². The maximum Gasteiger partial charge on any atom is 0.155 e. The highest BCUT2D eigenvalue weighted by Crippen LogP contribution is 2.22. The van der Waals surface area contributed by atoms with Crippen molar-refractivity contribution in [3.05, 3.63) is 50.6 Å². The van der Waals surface area contributed by atoms with Gasteiger partial charge in [-0.2, -0.15) is 0 Å². The smallest absolute Gasteiger partial charge is 0.155 e. The molecule has 0 radical (unpaired) electrons. The highest BCUT2D eigenvalue weighted by atomic mass is 16.5. The summed E-state index contributed by atoms with van der Waals surface area (Å²) in [6.45, 7) is 16.4. The second kappa shape index (κ2) is 22.7. The van der Waals surface area contributed by atoms with Crippen molar-refractivity contribution in [3.63, 3.8) is 0 Å². The molecule has 0 aliphatic rings. The van der Waals surface area contributed by atoms with Crippen molar-refractivity contribution in [2.24, 2.45) is 5.41 Å². The third kappa shape index (κ3) is 19.3. The molecule has 0 spiro atoms. The first kappa shape index (κ1) is 34.5. The van der Waals surface area contributed by atoms with Crippen LogP contribution in [0.1, 0.15) is 51.4 Å². The van der Waals surface area contributed by atoms with Crippen molar-refractivity contribution in [1.29, 1.82) is 0 Å². The van der Waals surface area contributed by atoms with Crippen LogP contribution >= 0.6 is 0 Å². The van der Waals surface area contributed by atoms with Crippen molar-refractivity contribution in [2.75, 3.05) is 52.9 Å². The Balaban J connectivity index is 5.11. The molecule has 0 N–H and O–H groups in total. The van der Waals surface area contributed by atoms with Gasteiger partial charge in [-0.05, 0) is 50.0 Å². The van der Waals surface area contributed by atoms with Gasteiger partial charge < -0.3 is 18.9 Å². The van der Waals surface area contributed by atoms with Gasteiger partial charge in [0.15, 0.2) is 23.1 Å². The lowest BCUT2D eigenvalue weighted by molar-refractivity contribution is -0.118. The third-order valence-electron chi connectivity index (χ3n) is 5.39. The molecule has 0 rings (SSSR count). The van der Waals surface area contributed by atoms with E-state index >= 15 is 0 Å². The summed E-state index contributed by atoms with van der Waals surface area (Å²) >= 11 is 0. The molecule has 8 nitrogen and oxygen atoms in total. The van der Waals surface area contributed by atoms with Crippen LogP contribution in [0.2, 0.25) is 0 Å². The summed E-state index contributed by atoms with van der Waals surface area (Å²) in [6.07, 6.45) is 8.82. The summed E-state index contributed by atoms with van der Waals surface area (Å²) in [6, 6.07) is 0. The zero-order chi connectivity index (χ0) is 27.8. The Morgan fingerprint density at radius 1 is 0.459 bits per heavy atom. The van der Waals surface area contributed by atoms with Crippen LogP contribution in [0.25, 0.3) is 0 Å². The van der Waals surface area contributed by atoms with Crippen molar-refractivity contribution < 1.29 is 38.1 Å². The molecule has 0 saturated carbocycles. The van der Waals surface area contributed by atoms with Gasteiger partial charge in [-0.3, -0.25) is 19.2 Å². The van der Waals surface area contributed by atoms with E-state index in [9.17, 15) is 19.2 Å². The van der Waals surface area contributed by atoms with Crippen molar-refractivity contribution >= 4 is 23.1 Å². The summed E-state index contributed by atoms with van der Waals surface area (Å²) in [5.74, 6) is -0.159. The van der Waals surface area contributed by atoms with E-state index in [0.717, 1.165) is 0 Å². The van der Waals surface area contributed by atoms with Crippen LogP contribution in [-0.4, -0.2) is 76.0 Å². The fraction of sp³-hybridized carbons (Fsp3) is 0.586. The molecule has 208 valence electrons. The first-order valence-electron chi connectivity index (χ1n) is 12.7. The molecule has 0 fully saturated rings. The first-order valence-corrected chi connectivity index (χ1v) is 12.7. The van der Waals surface area contributed by atoms with E-state index in [1.807, 2.05) is 0 Å². The summed E-state index contributed by atoms with van der Waals surface area (Å²) in [7, 11) is 0. The molecule has 0 unspecified atom stereocenters. The van der Waals surface area contributed by atoms with Gasteiger partial charge in [0.2, 0.25) is 0 Å². The topological polar surface area (TPSA) is 105 Å². The Bertz CT molecular complexity index is 615. The molecule has 0 amide bonds. The molecular weight excluding hydrogens is 476 g/mol. The third-order valence-corrected chi connectivity index (χ3v) is 5.39. The molecule has 0 aliphatic carbocycles. The molecule has 0 heterocycles. The van der Waals surface area contributed by atoms with E-state index in [1.165, 1.54) is 24.3 Å². The van der Waals surface area contributed by atoms with E-state index in [2.05, 4.69) is 26.3 Å². The molecular formula is C29H44O8. The van der Waals surface area contributed by atoms with Crippen molar-refractivity contribution in [3.8, 4) is 0 Å². The van der Waals surface area contributed by atoms with E-state index in [0.29, 0.717) is 77.8 Å². The van der Waals surface area contributed by atoms with Crippen LogP contribution < -0.4 is 0 Å². The largest absolute Gasteiger partial charge is 0.381 e. The maximum absolute atomic E-state index is 11.5. The molecule has 0 atom stereocenters. The number of rotatable bonds is 28. The van der Waals surface area contributed by atoms with Gasteiger partial charge in [-0.25, -0.2) is 0 Å². The molecule has 0 aliphatic heterocycles. The zero-order valence-electron chi connectivity index (χ0n) is 22.2. The van der Waals surface area contributed by atoms with E-state index in [1.54, 1.807) is 0 Å². The van der Waals surface area contributed by atoms with Crippen LogP contribution in [0.5, 0.6) is 0 Å². The van der Waals surface area contributed by atoms with Crippen LogP contribution in [0.4, 0.5) is 0 Å². The van der Waals surface area contributed by atoms with Crippen LogP contribution in [-0.2, 0) is 38.1 Å². The van der Waals surface area contributed by atoms with Gasteiger partial charge in [0.05, 0.1) is 31.8 Å². The monoisotopic (exact) mass is 520 g/mol. The van der Waals surface area contributed by atoms with Gasteiger partial charge in [0.25, 0.3) is 0 Å². The van der Waals surface area contributed by atoms with Gasteiger partial charge >= 0.3 is 0 Å². The quantitative estimate of drug-likeness (QED) is 0.112. The lowest BCUT2D eigenvalue weighted by Gasteiger charge is -2.33. The molecule has 0 saturated heterocycles. The Morgan fingerprint density at radius 2 is 0.676 bits per heavy atom. The van der Waals surface area contributed by atoms with E-state index in [4.69, 9.17) is 18.9 Å². The molecule has 8 heteroatoms. The zero-order valence-corrected chi connectivity index (χ0v) is 22.2. The number of carbonyl (C=O) groups is 4. The Kier molecular flexibility index (Phi) is 21.1. The average Bonchev–Trinajstić information content (AvgIpc) is 2.91. The minimum absolute atomic E-state index is 0.0397. The molecule has 0 aromatic rings. The normalized spacial score (nSPS) is 11.0. The van der Waals surface area contributed by atoms with Crippen LogP contribution in [0, 0.1) is 5.41 Å². The first-order chi connectivity index (χ1) is 17.8. The fourth-order valence-corrected chi connectivity index (χ4v) is 3.21. The second-order valence-electron chi connectivity index (χ2n) is 8.81. The highest BCUT2D eigenvalue weighted by Gasteiger charge is 2.32. The number of hydrogen-bond acceptors (Lipinski definition) is 8. The summed E-state index contributed by atoms with van der Waals surface area (Å²) in [5, 5.41) is 0. The minimum Gasteiger partial charge on any atom is -0.381 e. The minimum atomic E-state index is -0.657. The fourth-order valence-electron chi connectivity index (χ4n) is 3.21. The average molecular weight is 521 g/mol. The standard InChI is InChI=1S/C29H44O8/c1-5-25(30)13-9-17-34-21-29(22-35-18-10-14-26(31)6-2,23-36-19-11-15-27(32)7-3)24-37-20-12-16-28(33)8-4/h5-8H,1-4,9-24H2. The number of allylic oxidation sites excluding steroid dienone is 4. The van der Waals surface area contributed by atoms with Gasteiger partial charge in [-0.15, -0.1) is 0 Å². The lowest BCUT2D eigenvalue weighted by Crippen LogP contribution is -2.42. The molecule has 0 bridgehead atoms. The number of hydrogen-bond donors (Lipinski definition) is 0. The Hall–Kier alpha value is -2.52. The van der Waals surface area contributed by atoms with Gasteiger partial charge in [0, 0.05) is 52.1 Å². The predicted octanol–water partition coefficient (Wildman–Crippen LogP) is 4.18. The summed E-state index contributed by atoms with van der Waals surface area (Å²) < 4.78 is 23.6. The molecule has 0 aromatic heterocycles. The Morgan fingerprint density at radius 3 is 0.865 bits per heavy atom. The van der Waals surface area contributed by atoms with E-state index < -0.39 is 5.41 Å². The summed E-state index contributed by atoms with van der Waals surface area (Å²) in [4.78, 5) is 45.9. The number of ether oxygens (including phenoxy) is 4. The van der Waals surface area contributed by atoms with Crippen molar-refractivity contribution in [2.45, 2.75) is 51.4 Å². The predicted molar refractivity (Wildman–Crippen MR) is 143 cm³/mol. The lowest BCUT2D eigenvalue weighted by atomic mass is 9.92. The molecule has 0 aromatic carbocycles. The number of ketones is 4. The van der Waals surface area contributed by atoms with Gasteiger partial charge in [0.1, 0.15) is 0 Å². The van der Waals surface area contributed by atoms with Crippen molar-refractivity contribution in [1.82, 2.24) is 0 Å².